The van der Waals surface area contributed by atoms with Crippen LogP contribution in [-0.2, 0) is 15.1 Å². The molecule has 3 nitrogen and oxygen atoms in total. The SMILES string of the molecule is O=C1CNC(c2cc(Br)ccc2F)(C(F)(F)F)CO1. The average molecular weight is 342 g/mol. The van der Waals surface area contributed by atoms with Gasteiger partial charge in [0.15, 0.2) is 5.54 Å². The van der Waals surface area contributed by atoms with Gasteiger partial charge in [0.2, 0.25) is 0 Å². The maximum Gasteiger partial charge on any atom is 0.414 e. The van der Waals surface area contributed by atoms with Gasteiger partial charge in [0.05, 0.1) is 6.54 Å². The Morgan fingerprint density at radius 1 is 1.37 bits per heavy atom. The van der Waals surface area contributed by atoms with Crippen molar-refractivity contribution in [3.63, 3.8) is 0 Å². The van der Waals surface area contributed by atoms with Crippen molar-refractivity contribution in [2.24, 2.45) is 0 Å². The Balaban J connectivity index is 2.55. The van der Waals surface area contributed by atoms with Crippen molar-refractivity contribution in [2.75, 3.05) is 13.2 Å². The molecule has 0 saturated carbocycles. The molecule has 1 aromatic carbocycles. The lowest BCUT2D eigenvalue weighted by molar-refractivity contribution is -0.225. The highest BCUT2D eigenvalue weighted by Gasteiger charge is 2.59. The van der Waals surface area contributed by atoms with Crippen LogP contribution in [0.5, 0.6) is 0 Å². The van der Waals surface area contributed by atoms with Crippen LogP contribution in [0.2, 0.25) is 0 Å². The lowest BCUT2D eigenvalue weighted by Gasteiger charge is -2.39. The summed E-state index contributed by atoms with van der Waals surface area (Å²) in [6, 6.07) is 3.23. The van der Waals surface area contributed by atoms with E-state index < -0.39 is 42.2 Å². The summed E-state index contributed by atoms with van der Waals surface area (Å²) in [4.78, 5) is 10.9. The van der Waals surface area contributed by atoms with Crippen molar-refractivity contribution < 1.29 is 27.1 Å². The van der Waals surface area contributed by atoms with Crippen LogP contribution in [0, 0.1) is 5.82 Å². The molecule has 0 aliphatic carbocycles. The summed E-state index contributed by atoms with van der Waals surface area (Å²) in [6.45, 7) is -1.63. The zero-order valence-electron chi connectivity index (χ0n) is 9.35. The number of cyclic esters (lactones) is 1. The van der Waals surface area contributed by atoms with Crippen molar-refractivity contribution in [1.82, 2.24) is 5.32 Å². The standard InChI is InChI=1S/C11H8BrF4NO2/c12-6-1-2-8(13)7(3-6)10(11(14,15)16)5-19-9(18)4-17-10/h1-3,17H,4-5H2. The molecule has 1 aromatic rings. The lowest BCUT2D eigenvalue weighted by Crippen LogP contribution is -2.62. The first-order chi connectivity index (χ1) is 8.76. The number of halogens is 5. The van der Waals surface area contributed by atoms with Gasteiger partial charge in [0.1, 0.15) is 12.4 Å². The fraction of sp³-hybridized carbons (Fsp3) is 0.364. The van der Waals surface area contributed by atoms with Crippen LogP contribution in [0.15, 0.2) is 22.7 Å². The molecule has 1 fully saturated rings. The van der Waals surface area contributed by atoms with E-state index in [2.05, 4.69) is 20.7 Å². The summed E-state index contributed by atoms with van der Waals surface area (Å²) < 4.78 is 58.3. The summed E-state index contributed by atoms with van der Waals surface area (Å²) in [5, 5.41) is 2.05. The zero-order valence-corrected chi connectivity index (χ0v) is 10.9. The summed E-state index contributed by atoms with van der Waals surface area (Å²) >= 11 is 3.00. The van der Waals surface area contributed by atoms with Gasteiger partial charge in [-0.25, -0.2) is 4.39 Å². The Morgan fingerprint density at radius 2 is 2.05 bits per heavy atom. The molecular weight excluding hydrogens is 334 g/mol. The van der Waals surface area contributed by atoms with Gasteiger partial charge in [0, 0.05) is 10.0 Å². The molecular formula is C11H8BrF4NO2. The van der Waals surface area contributed by atoms with Crippen molar-refractivity contribution >= 4 is 21.9 Å². The highest BCUT2D eigenvalue weighted by atomic mass is 79.9. The fourth-order valence-electron chi connectivity index (χ4n) is 1.85. The van der Waals surface area contributed by atoms with Gasteiger partial charge in [-0.05, 0) is 18.2 Å². The predicted molar refractivity (Wildman–Crippen MR) is 60.8 cm³/mol. The normalized spacial score (nSPS) is 24.2. The predicted octanol–water partition coefficient (Wildman–Crippen LogP) is 2.49. The van der Waals surface area contributed by atoms with Crippen LogP contribution in [0.1, 0.15) is 5.56 Å². The number of ether oxygens (including phenoxy) is 1. The number of benzene rings is 1. The van der Waals surface area contributed by atoms with Gasteiger partial charge in [-0.15, -0.1) is 0 Å². The highest BCUT2D eigenvalue weighted by molar-refractivity contribution is 9.10. The lowest BCUT2D eigenvalue weighted by atomic mass is 9.88. The molecule has 0 radical (unpaired) electrons. The van der Waals surface area contributed by atoms with Crippen molar-refractivity contribution in [1.29, 1.82) is 0 Å². The number of morpholine rings is 1. The van der Waals surface area contributed by atoms with Crippen molar-refractivity contribution in [3.05, 3.63) is 34.1 Å². The second-order valence-electron chi connectivity index (χ2n) is 4.04. The minimum atomic E-state index is -4.81. The molecule has 19 heavy (non-hydrogen) atoms. The molecule has 1 aliphatic heterocycles. The number of hydrogen-bond donors (Lipinski definition) is 1. The van der Waals surface area contributed by atoms with Gasteiger partial charge in [-0.2, -0.15) is 13.2 Å². The fourth-order valence-corrected chi connectivity index (χ4v) is 2.21. The van der Waals surface area contributed by atoms with Gasteiger partial charge >= 0.3 is 12.1 Å². The molecule has 0 aromatic heterocycles. The molecule has 1 heterocycles. The number of rotatable bonds is 1. The first kappa shape index (κ1) is 14.3. The van der Waals surface area contributed by atoms with E-state index in [9.17, 15) is 22.4 Å². The Bertz CT molecular complexity index is 508. The quantitative estimate of drug-likeness (QED) is 0.630. The van der Waals surface area contributed by atoms with E-state index in [4.69, 9.17) is 0 Å². The maximum atomic E-state index is 13.7. The average Bonchev–Trinajstić information content (AvgIpc) is 2.32. The van der Waals surface area contributed by atoms with Crippen LogP contribution in [0.4, 0.5) is 17.6 Å². The minimum absolute atomic E-state index is 0.297. The molecule has 104 valence electrons. The van der Waals surface area contributed by atoms with E-state index >= 15 is 0 Å². The van der Waals surface area contributed by atoms with Gasteiger partial charge in [-0.3, -0.25) is 10.1 Å². The maximum absolute atomic E-state index is 13.7. The number of carbonyl (C=O) groups is 1. The molecule has 0 bridgehead atoms. The molecule has 1 saturated heterocycles. The number of esters is 1. The first-order valence-electron chi connectivity index (χ1n) is 5.19. The van der Waals surface area contributed by atoms with Crippen LogP contribution < -0.4 is 5.32 Å². The number of hydrogen-bond acceptors (Lipinski definition) is 3. The van der Waals surface area contributed by atoms with E-state index in [0.717, 1.165) is 12.1 Å². The van der Waals surface area contributed by atoms with Crippen LogP contribution in [0.3, 0.4) is 0 Å². The number of carbonyl (C=O) groups excluding carboxylic acids is 1. The van der Waals surface area contributed by atoms with Gasteiger partial charge in [-0.1, -0.05) is 15.9 Å². The van der Waals surface area contributed by atoms with E-state index in [-0.39, 0.29) is 0 Å². The van der Waals surface area contributed by atoms with E-state index in [1.54, 1.807) is 0 Å². The van der Waals surface area contributed by atoms with E-state index in [0.29, 0.717) is 4.47 Å². The van der Waals surface area contributed by atoms with Crippen molar-refractivity contribution in [3.8, 4) is 0 Å². The largest absolute Gasteiger partial charge is 0.462 e. The third kappa shape index (κ3) is 2.46. The summed E-state index contributed by atoms with van der Waals surface area (Å²) in [6.07, 6.45) is -4.81. The molecule has 8 heteroatoms. The molecule has 1 unspecified atom stereocenters. The molecule has 1 N–H and O–H groups in total. The highest BCUT2D eigenvalue weighted by Crippen LogP contribution is 2.42. The van der Waals surface area contributed by atoms with Crippen LogP contribution in [0.25, 0.3) is 0 Å². The third-order valence-corrected chi connectivity index (χ3v) is 3.35. The molecule has 0 amide bonds. The second-order valence-corrected chi connectivity index (χ2v) is 4.96. The molecule has 1 aliphatic rings. The number of alkyl halides is 3. The van der Waals surface area contributed by atoms with Gasteiger partial charge in [0.25, 0.3) is 0 Å². The Morgan fingerprint density at radius 3 is 2.58 bits per heavy atom. The van der Waals surface area contributed by atoms with Gasteiger partial charge < -0.3 is 4.74 Å². The van der Waals surface area contributed by atoms with Crippen molar-refractivity contribution in [2.45, 2.75) is 11.7 Å². The van der Waals surface area contributed by atoms with Crippen LogP contribution >= 0.6 is 15.9 Å². The van der Waals surface area contributed by atoms with E-state index in [1.807, 2.05) is 5.32 Å². The third-order valence-electron chi connectivity index (χ3n) is 2.86. The summed E-state index contributed by atoms with van der Waals surface area (Å²) in [5.41, 5.74) is -3.34. The summed E-state index contributed by atoms with van der Waals surface area (Å²) in [5.74, 6) is -1.83. The summed E-state index contributed by atoms with van der Waals surface area (Å²) in [7, 11) is 0. The Labute approximate surface area is 114 Å². The molecule has 1 atom stereocenters. The topological polar surface area (TPSA) is 38.3 Å². The zero-order chi connectivity index (χ0) is 14.3. The monoisotopic (exact) mass is 341 g/mol. The molecule has 0 spiro atoms. The molecule has 2 rings (SSSR count). The number of nitrogens with one attached hydrogen (secondary N) is 1. The Hall–Kier alpha value is -1.15. The second kappa shape index (κ2) is 4.75. The smallest absolute Gasteiger partial charge is 0.414 e. The first-order valence-corrected chi connectivity index (χ1v) is 5.98. The van der Waals surface area contributed by atoms with E-state index in [1.165, 1.54) is 6.07 Å². The van der Waals surface area contributed by atoms with Crippen LogP contribution in [-0.4, -0.2) is 25.3 Å². The Kier molecular flexibility index (Phi) is 3.57. The minimum Gasteiger partial charge on any atom is -0.462 e.